The molecular formula is C26H36N4O6S. The van der Waals surface area contributed by atoms with E-state index in [4.69, 9.17) is 4.74 Å². The van der Waals surface area contributed by atoms with E-state index in [-0.39, 0.29) is 29.2 Å². The van der Waals surface area contributed by atoms with E-state index in [0.29, 0.717) is 24.5 Å². The van der Waals surface area contributed by atoms with E-state index in [1.165, 1.54) is 16.4 Å². The number of carbonyl (C=O) groups excluding carboxylic acids is 3. The van der Waals surface area contributed by atoms with Gasteiger partial charge in [-0.1, -0.05) is 64.2 Å². The molecule has 2 aliphatic rings. The highest BCUT2D eigenvalue weighted by molar-refractivity contribution is 7.14. The molecule has 3 N–H and O–H groups in total. The molecule has 2 aromatic heterocycles. The van der Waals surface area contributed by atoms with Crippen LogP contribution in [0.1, 0.15) is 99.8 Å². The zero-order chi connectivity index (χ0) is 26.4. The summed E-state index contributed by atoms with van der Waals surface area (Å²) in [6.45, 7) is 1.67. The third-order valence-electron chi connectivity index (χ3n) is 7.52. The van der Waals surface area contributed by atoms with E-state index in [2.05, 4.69) is 15.3 Å². The number of Topliss-reactive ketones (excluding diaryl/α,β-unsaturated/α-hetero) is 1. The lowest BCUT2D eigenvalue weighted by Crippen LogP contribution is -2.33. The van der Waals surface area contributed by atoms with Crippen LogP contribution in [0, 0.1) is 11.8 Å². The summed E-state index contributed by atoms with van der Waals surface area (Å²) in [6.07, 6.45) is 11.9. The largest absolute Gasteiger partial charge is 0.493 e. The molecule has 10 nitrogen and oxygen atoms in total. The number of aromatic nitrogens is 3. The maximum atomic E-state index is 13.5. The second kappa shape index (κ2) is 12.5. The second-order valence-corrected chi connectivity index (χ2v) is 11.0. The van der Waals surface area contributed by atoms with Crippen LogP contribution in [0.4, 0.5) is 5.13 Å². The quantitative estimate of drug-likeness (QED) is 0.234. The standard InChI is InChI=1S/C26H36N4O6S/c1-2-36-24(34)21(31)19-15-37-25(27-19)29-22(32)20(14-17-11-7-4-8-12-17)30-23(33)18(28-26(30)35)13-16-9-5-3-6-10-16/h15-17,20,33H,2-14H2,1H3,(H,28,35)(H,27,29,32)/t20-/m0/s1. The second-order valence-electron chi connectivity index (χ2n) is 10.1. The van der Waals surface area contributed by atoms with Gasteiger partial charge in [0.25, 0.3) is 5.78 Å². The lowest BCUT2D eigenvalue weighted by Gasteiger charge is -2.26. The normalized spacial score (nSPS) is 17.9. The molecule has 2 saturated carbocycles. The smallest absolute Gasteiger partial charge is 0.381 e. The number of rotatable bonds is 10. The number of hydrogen-bond acceptors (Lipinski definition) is 8. The van der Waals surface area contributed by atoms with Crippen molar-refractivity contribution < 1.29 is 24.2 Å². The number of aromatic hydroxyl groups is 1. The van der Waals surface area contributed by atoms with Crippen LogP contribution in [0.2, 0.25) is 0 Å². The Labute approximate surface area is 219 Å². The first kappa shape index (κ1) is 27.1. The van der Waals surface area contributed by atoms with Gasteiger partial charge >= 0.3 is 11.7 Å². The minimum absolute atomic E-state index is 0.0682. The van der Waals surface area contributed by atoms with Crippen molar-refractivity contribution >= 4 is 34.1 Å². The molecule has 2 aliphatic carbocycles. The van der Waals surface area contributed by atoms with Crippen LogP contribution in [0.15, 0.2) is 10.2 Å². The van der Waals surface area contributed by atoms with Crippen molar-refractivity contribution in [2.45, 2.75) is 90.0 Å². The Bertz CT molecular complexity index is 1160. The van der Waals surface area contributed by atoms with Gasteiger partial charge in [-0.3, -0.25) is 14.2 Å². The van der Waals surface area contributed by atoms with Gasteiger partial charge in [0.2, 0.25) is 11.8 Å². The number of esters is 1. The molecule has 2 fully saturated rings. The Balaban J connectivity index is 1.55. The van der Waals surface area contributed by atoms with Crippen molar-refractivity contribution in [3.05, 3.63) is 27.3 Å². The van der Waals surface area contributed by atoms with Gasteiger partial charge in [-0.25, -0.2) is 14.6 Å². The number of nitrogens with one attached hydrogen (secondary N) is 2. The van der Waals surface area contributed by atoms with Crippen molar-refractivity contribution in [1.82, 2.24) is 14.5 Å². The molecule has 0 spiro atoms. The molecule has 0 bridgehead atoms. The van der Waals surface area contributed by atoms with E-state index in [1.54, 1.807) is 6.92 Å². The average molecular weight is 533 g/mol. The van der Waals surface area contributed by atoms with Crippen molar-refractivity contribution in [2.75, 3.05) is 11.9 Å². The molecule has 0 radical (unpaired) electrons. The van der Waals surface area contributed by atoms with Crippen LogP contribution >= 0.6 is 11.3 Å². The van der Waals surface area contributed by atoms with Gasteiger partial charge in [-0.2, -0.15) is 0 Å². The van der Waals surface area contributed by atoms with E-state index >= 15 is 0 Å². The van der Waals surface area contributed by atoms with Crippen LogP contribution in [0.25, 0.3) is 0 Å². The molecule has 2 aromatic rings. The number of anilines is 1. The predicted octanol–water partition coefficient (Wildman–Crippen LogP) is 4.36. The Kier molecular flexibility index (Phi) is 9.18. The molecule has 2 heterocycles. The molecule has 11 heteroatoms. The minimum atomic E-state index is -1.00. The highest BCUT2D eigenvalue weighted by atomic mass is 32.1. The predicted molar refractivity (Wildman–Crippen MR) is 139 cm³/mol. The number of imidazole rings is 1. The summed E-state index contributed by atoms with van der Waals surface area (Å²) in [5.41, 5.74) is -0.134. The Hall–Kier alpha value is -2.95. The molecule has 1 atom stereocenters. The zero-order valence-corrected chi connectivity index (χ0v) is 22.1. The topological polar surface area (TPSA) is 143 Å². The summed E-state index contributed by atoms with van der Waals surface area (Å²) >= 11 is 1.01. The molecule has 202 valence electrons. The van der Waals surface area contributed by atoms with Gasteiger partial charge in [0.1, 0.15) is 11.7 Å². The summed E-state index contributed by atoms with van der Waals surface area (Å²) < 4.78 is 5.91. The Morgan fingerprint density at radius 2 is 1.78 bits per heavy atom. The van der Waals surface area contributed by atoms with Crippen molar-refractivity contribution in [1.29, 1.82) is 0 Å². The van der Waals surface area contributed by atoms with Crippen molar-refractivity contribution in [2.24, 2.45) is 11.8 Å². The van der Waals surface area contributed by atoms with Crippen molar-refractivity contribution in [3.8, 4) is 5.88 Å². The van der Waals surface area contributed by atoms with Crippen LogP contribution < -0.4 is 11.0 Å². The molecule has 0 aromatic carbocycles. The zero-order valence-electron chi connectivity index (χ0n) is 21.3. The highest BCUT2D eigenvalue weighted by Crippen LogP contribution is 2.34. The van der Waals surface area contributed by atoms with Crippen LogP contribution in [0.3, 0.4) is 0 Å². The number of aromatic amines is 1. The van der Waals surface area contributed by atoms with E-state index in [9.17, 15) is 24.3 Å². The number of carbonyl (C=O) groups is 3. The van der Waals surface area contributed by atoms with E-state index < -0.39 is 29.4 Å². The van der Waals surface area contributed by atoms with E-state index in [1.807, 2.05) is 0 Å². The molecule has 0 aliphatic heterocycles. The van der Waals surface area contributed by atoms with Crippen LogP contribution in [-0.4, -0.2) is 43.9 Å². The lowest BCUT2D eigenvalue weighted by molar-refractivity contribution is -0.137. The highest BCUT2D eigenvalue weighted by Gasteiger charge is 2.32. The van der Waals surface area contributed by atoms with Crippen LogP contribution in [0.5, 0.6) is 5.88 Å². The fourth-order valence-electron chi connectivity index (χ4n) is 5.59. The lowest BCUT2D eigenvalue weighted by atomic mass is 9.84. The molecular weight excluding hydrogens is 496 g/mol. The van der Waals surface area contributed by atoms with Gasteiger partial charge in [-0.15, -0.1) is 11.3 Å². The minimum Gasteiger partial charge on any atom is -0.493 e. The molecule has 37 heavy (non-hydrogen) atoms. The number of H-pyrrole nitrogens is 1. The van der Waals surface area contributed by atoms with Gasteiger partial charge in [0, 0.05) is 5.38 Å². The SMILES string of the molecule is CCOC(=O)C(=O)c1csc(NC(=O)[C@H](CC2CCCCC2)n2c(O)c(CC3CCCCC3)[nH]c2=O)n1. The maximum Gasteiger partial charge on any atom is 0.381 e. The summed E-state index contributed by atoms with van der Waals surface area (Å²) in [4.78, 5) is 57.3. The number of amides is 1. The fourth-order valence-corrected chi connectivity index (χ4v) is 6.29. The fraction of sp³-hybridized carbons (Fsp3) is 0.654. The number of ketones is 1. The maximum absolute atomic E-state index is 13.5. The molecule has 0 saturated heterocycles. The summed E-state index contributed by atoms with van der Waals surface area (Å²) in [7, 11) is 0. The summed E-state index contributed by atoms with van der Waals surface area (Å²) in [6, 6.07) is -0.930. The molecule has 0 unspecified atom stereocenters. The summed E-state index contributed by atoms with van der Waals surface area (Å²) in [5, 5.41) is 15.3. The Morgan fingerprint density at radius 1 is 1.14 bits per heavy atom. The Morgan fingerprint density at radius 3 is 2.43 bits per heavy atom. The third-order valence-corrected chi connectivity index (χ3v) is 8.27. The van der Waals surface area contributed by atoms with Crippen molar-refractivity contribution in [3.63, 3.8) is 0 Å². The van der Waals surface area contributed by atoms with E-state index in [0.717, 1.165) is 69.1 Å². The average Bonchev–Trinajstić information content (AvgIpc) is 3.47. The van der Waals surface area contributed by atoms with Gasteiger partial charge < -0.3 is 20.1 Å². The third kappa shape index (κ3) is 6.68. The first-order valence-corrected chi connectivity index (χ1v) is 14.3. The first-order chi connectivity index (χ1) is 17.9. The number of nitrogens with zero attached hydrogens (tertiary/aromatic N) is 2. The van der Waals surface area contributed by atoms with Gasteiger partial charge in [-0.05, 0) is 31.6 Å². The van der Waals surface area contributed by atoms with Gasteiger partial charge in [0.05, 0.1) is 12.3 Å². The number of ether oxygens (including phenoxy) is 1. The number of thiazole rings is 1. The molecule has 1 amide bonds. The monoisotopic (exact) mass is 532 g/mol. The molecule has 4 rings (SSSR count). The number of hydrogen-bond donors (Lipinski definition) is 3. The van der Waals surface area contributed by atoms with Crippen LogP contribution in [-0.2, 0) is 20.7 Å². The summed E-state index contributed by atoms with van der Waals surface area (Å²) in [5.74, 6) is -1.90. The first-order valence-electron chi connectivity index (χ1n) is 13.4. The van der Waals surface area contributed by atoms with Gasteiger partial charge in [0.15, 0.2) is 5.13 Å².